The van der Waals surface area contributed by atoms with Gasteiger partial charge in [-0.25, -0.2) is 4.79 Å². The lowest BCUT2D eigenvalue weighted by molar-refractivity contribution is 0.101. The molecule has 40 heavy (non-hydrogen) atoms. The molecule has 0 aliphatic rings. The molecule has 0 aliphatic heterocycles. The highest BCUT2D eigenvalue weighted by molar-refractivity contribution is 5.98. The monoisotopic (exact) mass is 534 g/mol. The molecule has 8 nitrogen and oxygen atoms in total. The van der Waals surface area contributed by atoms with Crippen LogP contribution in [0.3, 0.4) is 0 Å². The predicted molar refractivity (Wildman–Crippen MR) is 157 cm³/mol. The summed E-state index contributed by atoms with van der Waals surface area (Å²) in [6.07, 6.45) is 4.71. The van der Waals surface area contributed by atoms with Crippen molar-refractivity contribution in [1.82, 2.24) is 29.8 Å². The van der Waals surface area contributed by atoms with Gasteiger partial charge in [0, 0.05) is 23.0 Å². The second kappa shape index (κ2) is 11.7. The molecule has 0 radical (unpaired) electrons. The minimum Gasteiger partial charge on any atom is -0.294 e. The van der Waals surface area contributed by atoms with Gasteiger partial charge in [-0.3, -0.25) is 13.9 Å². The van der Waals surface area contributed by atoms with E-state index in [2.05, 4.69) is 65.7 Å². The molecule has 0 bridgehead atoms. The average molecular weight is 535 g/mol. The summed E-state index contributed by atoms with van der Waals surface area (Å²) in [5.74, 6) is 0.648. The van der Waals surface area contributed by atoms with Crippen LogP contribution in [0.25, 0.3) is 28.2 Å². The fraction of sp³-hybridized carbons (Fsp3) is 0.281. The van der Waals surface area contributed by atoms with Crippen LogP contribution in [0.1, 0.15) is 73.6 Å². The molecular formula is C32H34N6O2. The molecule has 5 aromatic rings. The number of hydrogen-bond donors (Lipinski definition) is 1. The van der Waals surface area contributed by atoms with E-state index in [1.165, 1.54) is 0 Å². The van der Waals surface area contributed by atoms with E-state index in [4.69, 9.17) is 0 Å². The number of ketones is 1. The predicted octanol–water partition coefficient (Wildman–Crippen LogP) is 6.20. The summed E-state index contributed by atoms with van der Waals surface area (Å²) < 4.78 is 3.53. The Morgan fingerprint density at radius 3 is 2.38 bits per heavy atom. The van der Waals surface area contributed by atoms with Gasteiger partial charge in [-0.15, -0.1) is 10.2 Å². The molecule has 2 heterocycles. The second-order valence-electron chi connectivity index (χ2n) is 10.4. The molecule has 0 saturated carbocycles. The molecule has 1 N–H and O–H groups in total. The minimum absolute atomic E-state index is 0.0519. The Morgan fingerprint density at radius 1 is 0.975 bits per heavy atom. The fourth-order valence-electron chi connectivity index (χ4n) is 5.17. The standard InChI is InChI=1S/C32H34N6O2/c1-5-6-10-25-20-38(30-26(21(2)3)13-9-14-27(30)22(4)39)32(40)37(25)19-23-15-17-24(18-16-23)28-11-7-8-12-29(28)31-33-35-36-34-31/h7-9,11-18,20-21H,5-6,10,19H2,1-4H3,(H,33,34,35,36). The van der Waals surface area contributed by atoms with Gasteiger partial charge >= 0.3 is 5.69 Å². The van der Waals surface area contributed by atoms with Crippen molar-refractivity contribution < 1.29 is 4.79 Å². The van der Waals surface area contributed by atoms with Crippen molar-refractivity contribution in [2.24, 2.45) is 0 Å². The van der Waals surface area contributed by atoms with Crippen molar-refractivity contribution >= 4 is 5.78 Å². The van der Waals surface area contributed by atoms with E-state index in [9.17, 15) is 9.59 Å². The van der Waals surface area contributed by atoms with Crippen LogP contribution < -0.4 is 5.69 Å². The summed E-state index contributed by atoms with van der Waals surface area (Å²) in [6, 6.07) is 21.9. The van der Waals surface area contributed by atoms with Crippen LogP contribution in [0.15, 0.2) is 77.7 Å². The first-order valence-electron chi connectivity index (χ1n) is 13.8. The first kappa shape index (κ1) is 27.0. The first-order chi connectivity index (χ1) is 19.4. The zero-order valence-corrected chi connectivity index (χ0v) is 23.4. The summed E-state index contributed by atoms with van der Waals surface area (Å²) in [6.45, 7) is 8.31. The molecule has 0 saturated heterocycles. The Morgan fingerprint density at radius 2 is 1.73 bits per heavy atom. The number of carbonyl (C=O) groups excluding carboxylic acids is 1. The van der Waals surface area contributed by atoms with Gasteiger partial charge in [-0.05, 0) is 59.2 Å². The average Bonchev–Trinajstić information content (AvgIpc) is 3.61. The highest BCUT2D eigenvalue weighted by atomic mass is 16.2. The Hall–Kier alpha value is -4.59. The van der Waals surface area contributed by atoms with Crippen molar-refractivity contribution in [3.8, 4) is 28.2 Å². The smallest absolute Gasteiger partial charge is 0.294 e. The third-order valence-corrected chi connectivity index (χ3v) is 7.28. The van der Waals surface area contributed by atoms with Crippen LogP contribution in [-0.2, 0) is 13.0 Å². The van der Waals surface area contributed by atoms with E-state index in [0.29, 0.717) is 23.6 Å². The van der Waals surface area contributed by atoms with E-state index in [1.807, 2.05) is 53.2 Å². The number of Topliss-reactive ketones (excluding diaryl/α,β-unsaturated/α-hetero) is 1. The Bertz CT molecular complexity index is 1680. The number of unbranched alkanes of at least 4 members (excludes halogenated alkanes) is 1. The van der Waals surface area contributed by atoms with Crippen LogP contribution in [0.2, 0.25) is 0 Å². The van der Waals surface area contributed by atoms with E-state index in [1.54, 1.807) is 11.5 Å². The van der Waals surface area contributed by atoms with Crippen LogP contribution in [0, 0.1) is 0 Å². The number of hydrogen-bond acceptors (Lipinski definition) is 5. The molecule has 0 unspecified atom stereocenters. The molecule has 0 aliphatic carbocycles. The van der Waals surface area contributed by atoms with Crippen LogP contribution >= 0.6 is 0 Å². The van der Waals surface area contributed by atoms with Crippen LogP contribution in [0.5, 0.6) is 0 Å². The number of benzene rings is 3. The van der Waals surface area contributed by atoms with Crippen LogP contribution in [-0.4, -0.2) is 35.5 Å². The van der Waals surface area contributed by atoms with Crippen LogP contribution in [0.4, 0.5) is 0 Å². The molecule has 0 amide bonds. The highest BCUT2D eigenvalue weighted by Crippen LogP contribution is 2.30. The molecular weight excluding hydrogens is 500 g/mol. The molecule has 2 aromatic heterocycles. The molecule has 5 rings (SSSR count). The van der Waals surface area contributed by atoms with Gasteiger partial charge in [-0.1, -0.05) is 87.9 Å². The summed E-state index contributed by atoms with van der Waals surface area (Å²) in [7, 11) is 0. The fourth-order valence-corrected chi connectivity index (χ4v) is 5.17. The summed E-state index contributed by atoms with van der Waals surface area (Å²) in [5.41, 5.74) is 7.02. The number of imidazole rings is 1. The number of aromatic amines is 1. The van der Waals surface area contributed by atoms with Gasteiger partial charge in [0.25, 0.3) is 0 Å². The lowest BCUT2D eigenvalue weighted by Gasteiger charge is -2.16. The van der Waals surface area contributed by atoms with E-state index < -0.39 is 0 Å². The Labute approximate surface area is 233 Å². The highest BCUT2D eigenvalue weighted by Gasteiger charge is 2.21. The number of nitrogens with one attached hydrogen (secondary N) is 1. The lowest BCUT2D eigenvalue weighted by Crippen LogP contribution is -2.26. The van der Waals surface area contributed by atoms with Crippen molar-refractivity contribution in [2.75, 3.05) is 0 Å². The largest absolute Gasteiger partial charge is 0.333 e. The zero-order chi connectivity index (χ0) is 28.2. The zero-order valence-electron chi connectivity index (χ0n) is 23.4. The number of rotatable bonds is 10. The van der Waals surface area contributed by atoms with Gasteiger partial charge < -0.3 is 0 Å². The molecule has 204 valence electrons. The number of tetrazole rings is 1. The maximum atomic E-state index is 14.0. The van der Waals surface area contributed by atoms with Crippen molar-refractivity contribution in [3.63, 3.8) is 0 Å². The maximum absolute atomic E-state index is 14.0. The van der Waals surface area contributed by atoms with E-state index >= 15 is 0 Å². The Kier molecular flexibility index (Phi) is 7.86. The second-order valence-corrected chi connectivity index (χ2v) is 10.4. The molecule has 0 atom stereocenters. The molecule has 3 aromatic carbocycles. The summed E-state index contributed by atoms with van der Waals surface area (Å²) in [5, 5.41) is 14.5. The van der Waals surface area contributed by atoms with Gasteiger partial charge in [0.2, 0.25) is 5.82 Å². The topological polar surface area (TPSA) is 98.5 Å². The number of para-hydroxylation sites is 1. The van der Waals surface area contributed by atoms with E-state index in [0.717, 1.165) is 52.8 Å². The van der Waals surface area contributed by atoms with Gasteiger partial charge in [0.15, 0.2) is 5.78 Å². The third kappa shape index (κ3) is 5.30. The minimum atomic E-state index is -0.131. The van der Waals surface area contributed by atoms with Gasteiger partial charge in [0.05, 0.1) is 12.2 Å². The first-order valence-corrected chi connectivity index (χ1v) is 13.8. The number of aryl methyl sites for hydroxylation is 1. The molecule has 8 heteroatoms. The quantitative estimate of drug-likeness (QED) is 0.215. The van der Waals surface area contributed by atoms with Gasteiger partial charge in [-0.2, -0.15) is 5.21 Å². The normalized spacial score (nSPS) is 11.3. The van der Waals surface area contributed by atoms with Gasteiger partial charge in [0.1, 0.15) is 0 Å². The third-order valence-electron chi connectivity index (χ3n) is 7.28. The number of H-pyrrole nitrogens is 1. The number of carbonyl (C=O) groups is 1. The van der Waals surface area contributed by atoms with E-state index in [-0.39, 0.29) is 17.4 Å². The van der Waals surface area contributed by atoms with Crippen molar-refractivity contribution in [1.29, 1.82) is 0 Å². The lowest BCUT2D eigenvalue weighted by atomic mass is 9.96. The Balaban J connectivity index is 1.54. The number of nitrogens with zero attached hydrogens (tertiary/aromatic N) is 5. The number of aromatic nitrogens is 6. The van der Waals surface area contributed by atoms with Crippen molar-refractivity contribution in [3.05, 3.63) is 106 Å². The maximum Gasteiger partial charge on any atom is 0.333 e. The summed E-state index contributed by atoms with van der Waals surface area (Å²) >= 11 is 0. The molecule has 0 fully saturated rings. The molecule has 0 spiro atoms. The van der Waals surface area contributed by atoms with Crippen molar-refractivity contribution in [2.45, 2.75) is 59.4 Å². The summed E-state index contributed by atoms with van der Waals surface area (Å²) in [4.78, 5) is 26.6. The SMILES string of the molecule is CCCCc1cn(-c2c(C(C)=O)cccc2C(C)C)c(=O)n1Cc1ccc(-c2ccccc2-c2nn[nH]n2)cc1.